The predicted octanol–water partition coefficient (Wildman–Crippen LogP) is 4.95. The zero-order valence-electron chi connectivity index (χ0n) is 12.2. The maximum Gasteiger partial charge on any atom is 0.322 e. The molecule has 2 amide bonds. The number of amides is 2. The van der Waals surface area contributed by atoms with Gasteiger partial charge in [0.15, 0.2) is 4.67 Å². The van der Waals surface area contributed by atoms with Crippen LogP contribution in [0.25, 0.3) is 0 Å². The first-order valence-electron chi connectivity index (χ1n) is 7.15. The molecule has 0 saturated carbocycles. The first-order chi connectivity index (χ1) is 11.2. The highest BCUT2D eigenvalue weighted by atomic mass is 79.9. The summed E-state index contributed by atoms with van der Waals surface area (Å²) in [6.45, 7) is 0. The van der Waals surface area contributed by atoms with Crippen molar-refractivity contribution >= 4 is 27.8 Å². The molecule has 0 fully saturated rings. The summed E-state index contributed by atoms with van der Waals surface area (Å²) >= 11 is 3.21. The number of hydrogen-bond donors (Lipinski definition) is 2. The summed E-state index contributed by atoms with van der Waals surface area (Å²) in [5.41, 5.74) is 2.02. The van der Waals surface area contributed by atoms with E-state index in [2.05, 4.69) is 26.6 Å². The molecular formula is C18H15BrN2O2. The average Bonchev–Trinajstić information content (AvgIpc) is 2.99. The van der Waals surface area contributed by atoms with Crippen LogP contribution in [0.1, 0.15) is 17.2 Å². The van der Waals surface area contributed by atoms with Gasteiger partial charge in [-0.2, -0.15) is 0 Å². The van der Waals surface area contributed by atoms with E-state index in [0.29, 0.717) is 10.6 Å². The molecule has 0 spiro atoms. The summed E-state index contributed by atoms with van der Waals surface area (Å²) < 4.78 is 5.86. The molecule has 0 aliphatic heterocycles. The Balaban J connectivity index is 1.80. The lowest BCUT2D eigenvalue weighted by Crippen LogP contribution is -2.33. The Morgan fingerprint density at radius 3 is 1.91 bits per heavy atom. The smallest absolute Gasteiger partial charge is 0.322 e. The van der Waals surface area contributed by atoms with Crippen LogP contribution in [-0.4, -0.2) is 6.03 Å². The van der Waals surface area contributed by atoms with Crippen LogP contribution in [0.5, 0.6) is 0 Å². The Bertz CT molecular complexity index is 732. The van der Waals surface area contributed by atoms with E-state index in [9.17, 15) is 4.79 Å². The SMILES string of the molecule is O=C(Nc1ccc(Br)o1)NC(c1ccccc1)c1ccccc1. The highest BCUT2D eigenvalue weighted by Gasteiger charge is 2.17. The van der Waals surface area contributed by atoms with Gasteiger partial charge in [0.25, 0.3) is 0 Å². The van der Waals surface area contributed by atoms with Crippen LogP contribution in [-0.2, 0) is 0 Å². The molecule has 0 aliphatic carbocycles. The Morgan fingerprint density at radius 1 is 0.870 bits per heavy atom. The van der Waals surface area contributed by atoms with Crippen LogP contribution in [0.2, 0.25) is 0 Å². The van der Waals surface area contributed by atoms with E-state index in [-0.39, 0.29) is 12.1 Å². The van der Waals surface area contributed by atoms with E-state index in [1.165, 1.54) is 0 Å². The molecule has 1 heterocycles. The number of carbonyl (C=O) groups excluding carboxylic acids is 1. The lowest BCUT2D eigenvalue weighted by atomic mass is 9.99. The van der Waals surface area contributed by atoms with E-state index in [4.69, 9.17) is 4.42 Å². The van der Waals surface area contributed by atoms with Crippen molar-refractivity contribution in [1.29, 1.82) is 0 Å². The maximum absolute atomic E-state index is 12.3. The molecule has 4 nitrogen and oxygen atoms in total. The van der Waals surface area contributed by atoms with Gasteiger partial charge in [0, 0.05) is 6.07 Å². The fraction of sp³-hybridized carbons (Fsp3) is 0.0556. The number of halogens is 1. The molecule has 0 atom stereocenters. The number of furan rings is 1. The Kier molecular flexibility index (Phi) is 4.78. The molecule has 2 N–H and O–H groups in total. The zero-order valence-corrected chi connectivity index (χ0v) is 13.8. The van der Waals surface area contributed by atoms with E-state index < -0.39 is 0 Å². The lowest BCUT2D eigenvalue weighted by molar-refractivity contribution is 0.249. The van der Waals surface area contributed by atoms with Crippen LogP contribution in [0.3, 0.4) is 0 Å². The quantitative estimate of drug-likeness (QED) is 0.682. The fourth-order valence-electron chi connectivity index (χ4n) is 2.31. The molecule has 5 heteroatoms. The van der Waals surface area contributed by atoms with Crippen LogP contribution >= 0.6 is 15.9 Å². The molecule has 0 saturated heterocycles. The molecular weight excluding hydrogens is 356 g/mol. The summed E-state index contributed by atoms with van der Waals surface area (Å²) in [6.07, 6.45) is 0. The van der Waals surface area contributed by atoms with Gasteiger partial charge in [0.1, 0.15) is 0 Å². The van der Waals surface area contributed by atoms with Crippen molar-refractivity contribution in [3.63, 3.8) is 0 Å². The lowest BCUT2D eigenvalue weighted by Gasteiger charge is -2.19. The van der Waals surface area contributed by atoms with Crippen LogP contribution < -0.4 is 10.6 Å². The minimum absolute atomic E-state index is 0.240. The molecule has 0 radical (unpaired) electrons. The molecule has 116 valence electrons. The molecule has 0 bridgehead atoms. The first kappa shape index (κ1) is 15.4. The number of urea groups is 1. The monoisotopic (exact) mass is 370 g/mol. The molecule has 0 unspecified atom stereocenters. The first-order valence-corrected chi connectivity index (χ1v) is 7.94. The van der Waals surface area contributed by atoms with Crippen molar-refractivity contribution in [3.05, 3.63) is 88.6 Å². The zero-order chi connectivity index (χ0) is 16.1. The van der Waals surface area contributed by atoms with Crippen LogP contribution in [0.15, 0.2) is 81.9 Å². The summed E-state index contributed by atoms with van der Waals surface area (Å²) in [7, 11) is 0. The highest BCUT2D eigenvalue weighted by Crippen LogP contribution is 2.22. The standard InChI is InChI=1S/C18H15BrN2O2/c19-15-11-12-16(23-15)20-18(22)21-17(13-7-3-1-4-8-13)14-9-5-2-6-10-14/h1-12,17H,(H2,20,21,22). The highest BCUT2D eigenvalue weighted by molar-refractivity contribution is 9.10. The van der Waals surface area contributed by atoms with Gasteiger partial charge in [0.2, 0.25) is 5.88 Å². The molecule has 0 aliphatic rings. The third-order valence-corrected chi connectivity index (χ3v) is 3.78. The van der Waals surface area contributed by atoms with Crippen LogP contribution in [0.4, 0.5) is 10.7 Å². The Morgan fingerprint density at radius 2 is 1.43 bits per heavy atom. The summed E-state index contributed by atoms with van der Waals surface area (Å²) in [4.78, 5) is 12.3. The van der Waals surface area contributed by atoms with Crippen molar-refractivity contribution in [2.75, 3.05) is 5.32 Å². The summed E-state index contributed by atoms with van der Waals surface area (Å²) in [6, 6.07) is 22.5. The number of anilines is 1. The number of carbonyl (C=O) groups is 1. The normalized spacial score (nSPS) is 10.5. The average molecular weight is 371 g/mol. The maximum atomic E-state index is 12.3. The van der Waals surface area contributed by atoms with E-state index in [1.807, 2.05) is 60.7 Å². The van der Waals surface area contributed by atoms with Crippen molar-refractivity contribution < 1.29 is 9.21 Å². The molecule has 23 heavy (non-hydrogen) atoms. The molecule has 3 rings (SSSR count). The third kappa shape index (κ3) is 4.02. The number of benzene rings is 2. The second-order valence-electron chi connectivity index (χ2n) is 4.96. The van der Waals surface area contributed by atoms with Gasteiger partial charge in [-0.15, -0.1) is 0 Å². The minimum atomic E-state index is -0.329. The second-order valence-corrected chi connectivity index (χ2v) is 5.74. The van der Waals surface area contributed by atoms with Gasteiger partial charge in [-0.3, -0.25) is 5.32 Å². The van der Waals surface area contributed by atoms with Gasteiger partial charge in [-0.25, -0.2) is 4.79 Å². The minimum Gasteiger partial charge on any atom is -0.434 e. The van der Waals surface area contributed by atoms with Crippen molar-refractivity contribution in [1.82, 2.24) is 5.32 Å². The molecule has 1 aromatic heterocycles. The molecule has 3 aromatic rings. The van der Waals surface area contributed by atoms with Crippen molar-refractivity contribution in [2.45, 2.75) is 6.04 Å². The fourth-order valence-corrected chi connectivity index (χ4v) is 2.62. The number of nitrogens with one attached hydrogen (secondary N) is 2. The Hall–Kier alpha value is -2.53. The summed E-state index contributed by atoms with van der Waals surface area (Å²) in [5, 5.41) is 5.67. The van der Waals surface area contributed by atoms with Crippen molar-refractivity contribution in [2.24, 2.45) is 0 Å². The van der Waals surface area contributed by atoms with Crippen LogP contribution in [0, 0.1) is 0 Å². The predicted molar refractivity (Wildman–Crippen MR) is 93.3 cm³/mol. The van der Waals surface area contributed by atoms with Gasteiger partial charge in [-0.1, -0.05) is 60.7 Å². The van der Waals surface area contributed by atoms with Gasteiger partial charge in [0.05, 0.1) is 6.04 Å². The third-order valence-electron chi connectivity index (χ3n) is 3.35. The second kappa shape index (κ2) is 7.15. The topological polar surface area (TPSA) is 54.3 Å². The largest absolute Gasteiger partial charge is 0.434 e. The number of rotatable bonds is 4. The van der Waals surface area contributed by atoms with E-state index in [0.717, 1.165) is 11.1 Å². The van der Waals surface area contributed by atoms with E-state index >= 15 is 0 Å². The van der Waals surface area contributed by atoms with Crippen molar-refractivity contribution in [3.8, 4) is 0 Å². The van der Waals surface area contributed by atoms with Gasteiger partial charge >= 0.3 is 6.03 Å². The molecule has 2 aromatic carbocycles. The Labute approximate surface area is 142 Å². The van der Waals surface area contributed by atoms with E-state index in [1.54, 1.807) is 12.1 Å². The van der Waals surface area contributed by atoms with Gasteiger partial charge < -0.3 is 9.73 Å². The van der Waals surface area contributed by atoms with Gasteiger partial charge in [-0.05, 0) is 33.1 Å². The summed E-state index contributed by atoms with van der Waals surface area (Å²) in [5.74, 6) is 0.384. The number of hydrogen-bond acceptors (Lipinski definition) is 2.